The van der Waals surface area contributed by atoms with Gasteiger partial charge in [-0.05, 0) is 48.7 Å². The van der Waals surface area contributed by atoms with Gasteiger partial charge in [0.05, 0.1) is 0 Å². The molecule has 0 amide bonds. The Morgan fingerprint density at radius 1 is 1.15 bits per heavy atom. The van der Waals surface area contributed by atoms with E-state index in [9.17, 15) is 4.39 Å². The van der Waals surface area contributed by atoms with Gasteiger partial charge >= 0.3 is 0 Å². The molecule has 0 fully saturated rings. The van der Waals surface area contributed by atoms with Crippen LogP contribution in [0.5, 0.6) is 0 Å². The van der Waals surface area contributed by atoms with Gasteiger partial charge in [0, 0.05) is 16.8 Å². The molecular formula is C17H19ClFN. The SMILES string of the molecule is CCCc1ccc(NC(C)c2ccc(F)cc2Cl)cc1. The lowest BCUT2D eigenvalue weighted by Gasteiger charge is -2.17. The van der Waals surface area contributed by atoms with Gasteiger partial charge in [-0.25, -0.2) is 4.39 Å². The van der Waals surface area contributed by atoms with Crippen LogP contribution >= 0.6 is 11.6 Å². The number of rotatable bonds is 5. The Labute approximate surface area is 124 Å². The van der Waals surface area contributed by atoms with E-state index in [4.69, 9.17) is 11.6 Å². The molecule has 1 N–H and O–H groups in total. The predicted octanol–water partition coefficient (Wildman–Crippen LogP) is 5.60. The molecule has 0 aliphatic rings. The quantitative estimate of drug-likeness (QED) is 0.755. The van der Waals surface area contributed by atoms with Crippen LogP contribution in [0, 0.1) is 5.82 Å². The lowest BCUT2D eigenvalue weighted by molar-refractivity contribution is 0.626. The summed E-state index contributed by atoms with van der Waals surface area (Å²) < 4.78 is 13.0. The van der Waals surface area contributed by atoms with Crippen molar-refractivity contribution < 1.29 is 4.39 Å². The molecule has 1 unspecified atom stereocenters. The van der Waals surface area contributed by atoms with Gasteiger partial charge in [-0.15, -0.1) is 0 Å². The number of hydrogen-bond donors (Lipinski definition) is 1. The van der Waals surface area contributed by atoms with Gasteiger partial charge in [0.1, 0.15) is 5.82 Å². The Balaban J connectivity index is 2.08. The van der Waals surface area contributed by atoms with Crippen molar-refractivity contribution in [3.8, 4) is 0 Å². The molecule has 3 heteroatoms. The van der Waals surface area contributed by atoms with E-state index in [0.29, 0.717) is 5.02 Å². The van der Waals surface area contributed by atoms with Crippen LogP contribution in [0.25, 0.3) is 0 Å². The van der Waals surface area contributed by atoms with Crippen LogP contribution in [-0.2, 0) is 6.42 Å². The van der Waals surface area contributed by atoms with Crippen LogP contribution in [0.3, 0.4) is 0 Å². The molecule has 1 atom stereocenters. The molecule has 0 aromatic heterocycles. The summed E-state index contributed by atoms with van der Waals surface area (Å²) in [5.74, 6) is -0.310. The fraction of sp³-hybridized carbons (Fsp3) is 0.294. The third-order valence-corrected chi connectivity index (χ3v) is 3.63. The van der Waals surface area contributed by atoms with Gasteiger partial charge in [0.25, 0.3) is 0 Å². The second-order valence-corrected chi connectivity index (χ2v) is 5.39. The normalized spacial score (nSPS) is 12.2. The van der Waals surface area contributed by atoms with E-state index in [1.807, 2.05) is 6.92 Å². The highest BCUT2D eigenvalue weighted by Crippen LogP contribution is 2.26. The molecule has 0 radical (unpaired) electrons. The van der Waals surface area contributed by atoms with Crippen molar-refractivity contribution >= 4 is 17.3 Å². The molecule has 2 rings (SSSR count). The molecule has 0 saturated carbocycles. The van der Waals surface area contributed by atoms with Crippen LogP contribution in [0.1, 0.15) is 37.4 Å². The Morgan fingerprint density at radius 3 is 2.45 bits per heavy atom. The van der Waals surface area contributed by atoms with Crippen molar-refractivity contribution in [3.63, 3.8) is 0 Å². The zero-order valence-electron chi connectivity index (χ0n) is 11.8. The zero-order chi connectivity index (χ0) is 14.5. The minimum atomic E-state index is -0.310. The van der Waals surface area contributed by atoms with E-state index in [-0.39, 0.29) is 11.9 Å². The number of nitrogens with one attached hydrogen (secondary N) is 1. The Hall–Kier alpha value is -1.54. The highest BCUT2D eigenvalue weighted by atomic mass is 35.5. The Kier molecular flexibility index (Phi) is 5.02. The van der Waals surface area contributed by atoms with Crippen LogP contribution in [0.15, 0.2) is 42.5 Å². The highest BCUT2D eigenvalue weighted by molar-refractivity contribution is 6.31. The van der Waals surface area contributed by atoms with Gasteiger partial charge in [0.2, 0.25) is 0 Å². The van der Waals surface area contributed by atoms with Crippen molar-refractivity contribution in [3.05, 3.63) is 64.4 Å². The summed E-state index contributed by atoms with van der Waals surface area (Å²) in [6, 6.07) is 12.9. The minimum absolute atomic E-state index is 0.0279. The monoisotopic (exact) mass is 291 g/mol. The van der Waals surface area contributed by atoms with Gasteiger partial charge in [0.15, 0.2) is 0 Å². The third kappa shape index (κ3) is 3.73. The van der Waals surface area contributed by atoms with Crippen LogP contribution in [-0.4, -0.2) is 0 Å². The maximum Gasteiger partial charge on any atom is 0.124 e. The van der Waals surface area contributed by atoms with Crippen molar-refractivity contribution in [1.82, 2.24) is 0 Å². The van der Waals surface area contributed by atoms with E-state index >= 15 is 0 Å². The Morgan fingerprint density at radius 2 is 1.85 bits per heavy atom. The number of halogens is 2. The average molecular weight is 292 g/mol. The first kappa shape index (κ1) is 14.9. The molecule has 2 aromatic rings. The van der Waals surface area contributed by atoms with Gasteiger partial charge in [-0.3, -0.25) is 0 Å². The summed E-state index contributed by atoms with van der Waals surface area (Å²) in [7, 11) is 0. The fourth-order valence-electron chi connectivity index (χ4n) is 2.24. The topological polar surface area (TPSA) is 12.0 Å². The highest BCUT2D eigenvalue weighted by Gasteiger charge is 2.10. The summed E-state index contributed by atoms with van der Waals surface area (Å²) in [4.78, 5) is 0. The van der Waals surface area contributed by atoms with Crippen LogP contribution in [0.2, 0.25) is 5.02 Å². The number of anilines is 1. The van der Waals surface area contributed by atoms with Crippen molar-refractivity contribution in [1.29, 1.82) is 0 Å². The summed E-state index contributed by atoms with van der Waals surface area (Å²) in [6.45, 7) is 4.18. The fourth-order valence-corrected chi connectivity index (χ4v) is 2.57. The Bertz CT molecular complexity index is 566. The number of hydrogen-bond acceptors (Lipinski definition) is 1. The summed E-state index contributed by atoms with van der Waals surface area (Å²) >= 11 is 6.08. The summed E-state index contributed by atoms with van der Waals surface area (Å²) in [5, 5.41) is 3.83. The average Bonchev–Trinajstić information content (AvgIpc) is 2.41. The molecule has 106 valence electrons. The molecule has 0 heterocycles. The molecule has 0 aliphatic carbocycles. The molecular weight excluding hydrogens is 273 g/mol. The molecule has 1 nitrogen and oxygen atoms in total. The lowest BCUT2D eigenvalue weighted by Crippen LogP contribution is -2.07. The van der Waals surface area contributed by atoms with E-state index in [0.717, 1.165) is 24.1 Å². The van der Waals surface area contributed by atoms with E-state index in [1.165, 1.54) is 17.7 Å². The number of aryl methyl sites for hydroxylation is 1. The third-order valence-electron chi connectivity index (χ3n) is 3.30. The van der Waals surface area contributed by atoms with E-state index in [2.05, 4.69) is 36.5 Å². The van der Waals surface area contributed by atoms with E-state index in [1.54, 1.807) is 6.07 Å². The first-order valence-corrected chi connectivity index (χ1v) is 7.28. The van der Waals surface area contributed by atoms with Crippen molar-refractivity contribution in [2.75, 3.05) is 5.32 Å². The maximum absolute atomic E-state index is 13.0. The molecule has 2 aromatic carbocycles. The number of benzene rings is 2. The summed E-state index contributed by atoms with van der Waals surface area (Å²) in [6.07, 6.45) is 2.24. The molecule has 0 bridgehead atoms. The zero-order valence-corrected chi connectivity index (χ0v) is 12.5. The molecule has 0 saturated heterocycles. The smallest absolute Gasteiger partial charge is 0.124 e. The van der Waals surface area contributed by atoms with Gasteiger partial charge in [-0.2, -0.15) is 0 Å². The van der Waals surface area contributed by atoms with Crippen molar-refractivity contribution in [2.45, 2.75) is 32.7 Å². The van der Waals surface area contributed by atoms with E-state index < -0.39 is 0 Å². The first-order chi connectivity index (χ1) is 9.60. The molecule has 20 heavy (non-hydrogen) atoms. The van der Waals surface area contributed by atoms with Crippen LogP contribution in [0.4, 0.5) is 10.1 Å². The second-order valence-electron chi connectivity index (χ2n) is 4.98. The minimum Gasteiger partial charge on any atom is -0.378 e. The first-order valence-electron chi connectivity index (χ1n) is 6.90. The maximum atomic E-state index is 13.0. The summed E-state index contributed by atoms with van der Waals surface area (Å²) in [5.41, 5.74) is 3.27. The second kappa shape index (κ2) is 6.76. The largest absolute Gasteiger partial charge is 0.378 e. The molecule has 0 spiro atoms. The van der Waals surface area contributed by atoms with Crippen molar-refractivity contribution in [2.24, 2.45) is 0 Å². The molecule has 0 aliphatic heterocycles. The standard InChI is InChI=1S/C17H19ClFN/c1-3-4-13-5-8-15(9-6-13)20-12(2)16-10-7-14(19)11-17(16)18/h5-12,20H,3-4H2,1-2H3. The van der Waals surface area contributed by atoms with Gasteiger partial charge in [-0.1, -0.05) is 43.1 Å². The predicted molar refractivity (Wildman–Crippen MR) is 83.9 cm³/mol. The van der Waals surface area contributed by atoms with Gasteiger partial charge < -0.3 is 5.32 Å². The van der Waals surface area contributed by atoms with Crippen LogP contribution < -0.4 is 5.32 Å². The lowest BCUT2D eigenvalue weighted by atomic mass is 10.1.